The van der Waals surface area contributed by atoms with Crippen molar-refractivity contribution in [2.75, 3.05) is 6.54 Å². The lowest BCUT2D eigenvalue weighted by Gasteiger charge is -2.23. The van der Waals surface area contributed by atoms with Crippen molar-refractivity contribution in [3.8, 4) is 0 Å². The van der Waals surface area contributed by atoms with Crippen molar-refractivity contribution in [2.24, 2.45) is 0 Å². The summed E-state index contributed by atoms with van der Waals surface area (Å²) in [5.41, 5.74) is 4.61. The predicted octanol–water partition coefficient (Wildman–Crippen LogP) is 3.10. The maximum Gasteiger partial charge on any atom is 0.0243 e. The normalized spacial score (nSPS) is 23.8. The lowest BCUT2D eigenvalue weighted by Crippen LogP contribution is -2.35. The van der Waals surface area contributed by atoms with E-state index in [9.17, 15) is 0 Å². The van der Waals surface area contributed by atoms with Crippen LogP contribution in [0.2, 0.25) is 0 Å². The van der Waals surface area contributed by atoms with E-state index in [2.05, 4.69) is 42.3 Å². The highest BCUT2D eigenvalue weighted by Gasteiger charge is 2.21. The van der Waals surface area contributed by atoms with Crippen molar-refractivity contribution in [3.05, 3.63) is 34.9 Å². The Morgan fingerprint density at radius 2 is 2.05 bits per heavy atom. The van der Waals surface area contributed by atoms with E-state index in [4.69, 9.17) is 0 Å². The fourth-order valence-electron chi connectivity index (χ4n) is 3.35. The average molecular weight is 258 g/mol. The molecule has 1 N–H and O–H groups in total. The molecule has 2 heterocycles. The minimum absolute atomic E-state index is 0.649. The summed E-state index contributed by atoms with van der Waals surface area (Å²) in [5, 5.41) is 3.65. The van der Waals surface area contributed by atoms with Gasteiger partial charge >= 0.3 is 0 Å². The highest BCUT2D eigenvalue weighted by atomic mass is 15.2. The van der Waals surface area contributed by atoms with Crippen LogP contribution in [0.4, 0.5) is 0 Å². The smallest absolute Gasteiger partial charge is 0.0243 e. The Hall–Kier alpha value is -0.860. The van der Waals surface area contributed by atoms with E-state index in [1.54, 1.807) is 5.56 Å². The quantitative estimate of drug-likeness (QED) is 0.896. The monoisotopic (exact) mass is 258 g/mol. The van der Waals surface area contributed by atoms with Crippen LogP contribution in [0, 0.1) is 0 Å². The van der Waals surface area contributed by atoms with Crippen LogP contribution in [0.15, 0.2) is 18.2 Å². The van der Waals surface area contributed by atoms with Gasteiger partial charge in [0.05, 0.1) is 0 Å². The number of nitrogens with one attached hydrogen (secondary N) is 1. The Kier molecular flexibility index (Phi) is 3.90. The lowest BCUT2D eigenvalue weighted by molar-refractivity contribution is 0.227. The first-order valence-electron chi connectivity index (χ1n) is 7.80. The molecule has 0 aliphatic carbocycles. The van der Waals surface area contributed by atoms with Crippen molar-refractivity contribution in [2.45, 2.75) is 64.7 Å². The number of fused-ring (bicyclic) bond motifs is 1. The fraction of sp³-hybridized carbons (Fsp3) is 0.647. The van der Waals surface area contributed by atoms with E-state index in [0.717, 1.165) is 13.1 Å². The van der Waals surface area contributed by atoms with Crippen LogP contribution in [0.5, 0.6) is 0 Å². The predicted molar refractivity (Wildman–Crippen MR) is 80.2 cm³/mol. The Balaban J connectivity index is 1.67. The zero-order valence-electron chi connectivity index (χ0n) is 12.3. The zero-order chi connectivity index (χ0) is 13.2. The van der Waals surface area contributed by atoms with Gasteiger partial charge in [-0.05, 0) is 56.3 Å². The van der Waals surface area contributed by atoms with E-state index in [1.807, 2.05) is 0 Å². The Labute approximate surface area is 117 Å². The van der Waals surface area contributed by atoms with Crippen LogP contribution in [-0.2, 0) is 19.5 Å². The molecular weight excluding hydrogens is 232 g/mol. The summed E-state index contributed by atoms with van der Waals surface area (Å²) in [6.07, 6.45) is 5.29. The van der Waals surface area contributed by atoms with Crippen molar-refractivity contribution >= 4 is 0 Å². The number of nitrogens with zero attached hydrogens (tertiary/aromatic N) is 1. The molecule has 3 rings (SSSR count). The van der Waals surface area contributed by atoms with Gasteiger partial charge in [0.1, 0.15) is 0 Å². The maximum atomic E-state index is 3.65. The first-order valence-corrected chi connectivity index (χ1v) is 7.80. The SMILES string of the molecule is CC(C)N1Cc2ccc(CC3CCCCN3)cc2C1. The Morgan fingerprint density at radius 1 is 1.21 bits per heavy atom. The molecule has 0 radical (unpaired) electrons. The maximum absolute atomic E-state index is 3.65. The van der Waals surface area contributed by atoms with Crippen LogP contribution < -0.4 is 5.32 Å². The van der Waals surface area contributed by atoms with Crippen molar-refractivity contribution in [1.29, 1.82) is 0 Å². The highest BCUT2D eigenvalue weighted by Crippen LogP contribution is 2.26. The molecule has 0 amide bonds. The summed E-state index contributed by atoms with van der Waals surface area (Å²) in [7, 11) is 0. The second-order valence-corrected chi connectivity index (χ2v) is 6.45. The van der Waals surface area contributed by atoms with Crippen molar-refractivity contribution in [3.63, 3.8) is 0 Å². The number of hydrogen-bond donors (Lipinski definition) is 1. The van der Waals surface area contributed by atoms with E-state index < -0.39 is 0 Å². The van der Waals surface area contributed by atoms with Gasteiger partial charge in [0.25, 0.3) is 0 Å². The van der Waals surface area contributed by atoms with Gasteiger partial charge in [0.15, 0.2) is 0 Å². The molecule has 1 unspecified atom stereocenters. The van der Waals surface area contributed by atoms with E-state index in [0.29, 0.717) is 12.1 Å². The van der Waals surface area contributed by atoms with Gasteiger partial charge in [-0.15, -0.1) is 0 Å². The molecule has 2 heteroatoms. The standard InChI is InChI=1S/C17H26N2/c1-13(2)19-11-15-7-6-14(9-16(15)12-19)10-17-5-3-4-8-18-17/h6-7,9,13,17-18H,3-5,8,10-12H2,1-2H3. The molecule has 0 aromatic heterocycles. The van der Waals surface area contributed by atoms with Gasteiger partial charge in [-0.25, -0.2) is 0 Å². The topological polar surface area (TPSA) is 15.3 Å². The summed E-state index contributed by atoms with van der Waals surface area (Å²) < 4.78 is 0. The summed E-state index contributed by atoms with van der Waals surface area (Å²) in [5.74, 6) is 0. The molecule has 1 atom stereocenters. The van der Waals surface area contributed by atoms with Crippen LogP contribution >= 0.6 is 0 Å². The molecule has 2 aliphatic heterocycles. The minimum Gasteiger partial charge on any atom is -0.314 e. The summed E-state index contributed by atoms with van der Waals surface area (Å²) >= 11 is 0. The van der Waals surface area contributed by atoms with E-state index in [-0.39, 0.29) is 0 Å². The number of hydrogen-bond acceptors (Lipinski definition) is 2. The molecule has 104 valence electrons. The first-order chi connectivity index (χ1) is 9.22. The van der Waals surface area contributed by atoms with Crippen molar-refractivity contribution in [1.82, 2.24) is 10.2 Å². The Morgan fingerprint density at radius 3 is 2.79 bits per heavy atom. The van der Waals surface area contributed by atoms with Crippen LogP contribution in [0.1, 0.15) is 49.8 Å². The molecule has 0 bridgehead atoms. The van der Waals surface area contributed by atoms with Gasteiger partial charge in [-0.2, -0.15) is 0 Å². The summed E-state index contributed by atoms with van der Waals surface area (Å²) in [6.45, 7) is 8.06. The number of piperidine rings is 1. The third-order valence-corrected chi connectivity index (χ3v) is 4.64. The molecule has 1 aromatic rings. The van der Waals surface area contributed by atoms with Gasteiger partial charge < -0.3 is 5.32 Å². The van der Waals surface area contributed by atoms with Crippen LogP contribution in [0.3, 0.4) is 0 Å². The van der Waals surface area contributed by atoms with Crippen molar-refractivity contribution < 1.29 is 0 Å². The second-order valence-electron chi connectivity index (χ2n) is 6.45. The molecule has 2 nitrogen and oxygen atoms in total. The average Bonchev–Trinajstić information content (AvgIpc) is 2.83. The number of rotatable bonds is 3. The molecule has 1 saturated heterocycles. The number of benzene rings is 1. The van der Waals surface area contributed by atoms with E-state index >= 15 is 0 Å². The first kappa shape index (κ1) is 13.1. The van der Waals surface area contributed by atoms with Crippen LogP contribution in [-0.4, -0.2) is 23.5 Å². The molecule has 1 aromatic carbocycles. The minimum atomic E-state index is 0.649. The van der Waals surface area contributed by atoms with E-state index in [1.165, 1.54) is 43.4 Å². The molecular formula is C17H26N2. The molecule has 1 fully saturated rings. The summed E-state index contributed by atoms with van der Waals surface area (Å²) in [6, 6.07) is 8.51. The molecule has 0 saturated carbocycles. The van der Waals surface area contributed by atoms with Gasteiger partial charge in [-0.1, -0.05) is 24.6 Å². The second kappa shape index (κ2) is 5.64. The molecule has 2 aliphatic rings. The van der Waals surface area contributed by atoms with Gasteiger partial charge in [-0.3, -0.25) is 4.90 Å². The Bertz CT molecular complexity index is 433. The summed E-state index contributed by atoms with van der Waals surface area (Å²) in [4.78, 5) is 2.55. The largest absolute Gasteiger partial charge is 0.314 e. The molecule has 0 spiro atoms. The van der Waals surface area contributed by atoms with Gasteiger partial charge in [0, 0.05) is 25.2 Å². The van der Waals surface area contributed by atoms with Crippen LogP contribution in [0.25, 0.3) is 0 Å². The zero-order valence-corrected chi connectivity index (χ0v) is 12.3. The molecule has 19 heavy (non-hydrogen) atoms. The van der Waals surface area contributed by atoms with Gasteiger partial charge in [0.2, 0.25) is 0 Å². The highest BCUT2D eigenvalue weighted by molar-refractivity contribution is 5.35. The third-order valence-electron chi connectivity index (χ3n) is 4.64. The lowest BCUT2D eigenvalue weighted by atomic mass is 9.96. The third kappa shape index (κ3) is 3.01. The fourth-order valence-corrected chi connectivity index (χ4v) is 3.35.